The summed E-state index contributed by atoms with van der Waals surface area (Å²) in [6.45, 7) is 8.09. The van der Waals surface area contributed by atoms with Gasteiger partial charge in [-0.15, -0.1) is 0 Å². The monoisotopic (exact) mass is 287 g/mol. The van der Waals surface area contributed by atoms with Crippen molar-refractivity contribution >= 4 is 11.6 Å². The second-order valence-electron chi connectivity index (χ2n) is 5.93. The average Bonchev–Trinajstić information content (AvgIpc) is 2.46. The molecule has 0 spiro atoms. The van der Waals surface area contributed by atoms with Gasteiger partial charge in [-0.25, -0.2) is 0 Å². The molecule has 0 aliphatic carbocycles. The summed E-state index contributed by atoms with van der Waals surface area (Å²) < 4.78 is 5.67. The van der Waals surface area contributed by atoms with Crippen LogP contribution in [-0.2, 0) is 9.53 Å². The molecule has 2 rings (SSSR count). The number of nitriles is 1. The molecule has 1 aliphatic rings. The molecule has 112 valence electrons. The van der Waals surface area contributed by atoms with Crippen molar-refractivity contribution in [3.05, 3.63) is 29.8 Å². The fourth-order valence-corrected chi connectivity index (χ4v) is 2.42. The van der Waals surface area contributed by atoms with E-state index < -0.39 is 0 Å². The first-order valence-corrected chi connectivity index (χ1v) is 7.10. The molecule has 0 aromatic heterocycles. The van der Waals surface area contributed by atoms with Gasteiger partial charge in [0.15, 0.2) is 0 Å². The zero-order valence-corrected chi connectivity index (χ0v) is 12.7. The van der Waals surface area contributed by atoms with Crippen molar-refractivity contribution in [2.24, 2.45) is 0 Å². The Balaban J connectivity index is 1.97. The quantitative estimate of drug-likeness (QED) is 0.923. The second kappa shape index (κ2) is 6.25. The molecule has 1 aromatic carbocycles. The predicted octanol–water partition coefficient (Wildman–Crippen LogP) is 2.00. The molecule has 1 heterocycles. The van der Waals surface area contributed by atoms with Gasteiger partial charge < -0.3 is 10.1 Å². The fourth-order valence-electron chi connectivity index (χ4n) is 2.42. The summed E-state index contributed by atoms with van der Waals surface area (Å²) in [4.78, 5) is 14.4. The minimum absolute atomic E-state index is 0.0441. The summed E-state index contributed by atoms with van der Waals surface area (Å²) in [5.74, 6) is -0.0441. The van der Waals surface area contributed by atoms with Crippen LogP contribution in [0, 0.1) is 11.3 Å². The lowest BCUT2D eigenvalue weighted by Crippen LogP contribution is -2.54. The van der Waals surface area contributed by atoms with Crippen LogP contribution in [-0.4, -0.2) is 42.1 Å². The van der Waals surface area contributed by atoms with E-state index in [2.05, 4.69) is 16.3 Å². The average molecular weight is 287 g/mol. The van der Waals surface area contributed by atoms with Crippen LogP contribution in [0.15, 0.2) is 24.3 Å². The van der Waals surface area contributed by atoms with Gasteiger partial charge in [-0.05, 0) is 45.0 Å². The zero-order valence-electron chi connectivity index (χ0n) is 12.7. The lowest BCUT2D eigenvalue weighted by atomic mass is 10.1. The summed E-state index contributed by atoms with van der Waals surface area (Å²) in [5.41, 5.74) is 1.07. The number of hydrogen-bond acceptors (Lipinski definition) is 4. The molecule has 21 heavy (non-hydrogen) atoms. The molecule has 0 saturated carbocycles. The van der Waals surface area contributed by atoms with Gasteiger partial charge in [-0.3, -0.25) is 9.69 Å². The first-order valence-electron chi connectivity index (χ1n) is 7.10. The van der Waals surface area contributed by atoms with Gasteiger partial charge in [0.1, 0.15) is 0 Å². The van der Waals surface area contributed by atoms with Crippen LogP contribution in [0.3, 0.4) is 0 Å². The van der Waals surface area contributed by atoms with Gasteiger partial charge in [0.05, 0.1) is 29.9 Å². The Morgan fingerprint density at radius 2 is 2.10 bits per heavy atom. The van der Waals surface area contributed by atoms with Crippen LogP contribution in [0.25, 0.3) is 0 Å². The number of hydrogen-bond donors (Lipinski definition) is 1. The van der Waals surface area contributed by atoms with Gasteiger partial charge in [-0.2, -0.15) is 5.26 Å². The van der Waals surface area contributed by atoms with E-state index in [0.29, 0.717) is 17.9 Å². The molecular weight excluding hydrogens is 266 g/mol. The number of morpholine rings is 1. The summed E-state index contributed by atoms with van der Waals surface area (Å²) in [6, 6.07) is 8.71. The largest absolute Gasteiger partial charge is 0.373 e. The molecular formula is C16H21N3O2. The van der Waals surface area contributed by atoms with E-state index in [0.717, 1.165) is 13.1 Å². The molecule has 5 heteroatoms. The van der Waals surface area contributed by atoms with Crippen LogP contribution in [0.1, 0.15) is 26.3 Å². The fraction of sp³-hybridized carbons (Fsp3) is 0.500. The number of amides is 1. The molecule has 1 atom stereocenters. The Hall–Kier alpha value is -1.90. The maximum Gasteiger partial charge on any atom is 0.241 e. The smallest absolute Gasteiger partial charge is 0.241 e. The third kappa shape index (κ3) is 4.03. The normalized spacial score (nSPS) is 19.5. The highest BCUT2D eigenvalue weighted by Crippen LogP contribution is 2.19. The van der Waals surface area contributed by atoms with Gasteiger partial charge in [-0.1, -0.05) is 0 Å². The van der Waals surface area contributed by atoms with Crippen LogP contribution in [0.4, 0.5) is 5.69 Å². The minimum Gasteiger partial charge on any atom is -0.373 e. The van der Waals surface area contributed by atoms with Crippen molar-refractivity contribution in [2.75, 3.05) is 25.0 Å². The van der Waals surface area contributed by atoms with Crippen LogP contribution >= 0.6 is 0 Å². The van der Waals surface area contributed by atoms with E-state index in [4.69, 9.17) is 10.00 Å². The van der Waals surface area contributed by atoms with E-state index in [1.54, 1.807) is 24.3 Å². The molecule has 1 aliphatic heterocycles. The standard InChI is InChI=1S/C16H21N3O2/c1-12(19-8-9-21-16(2,3)11-19)15(20)18-14-6-4-13(10-17)5-7-14/h4-7,12H,8-9,11H2,1-3H3,(H,18,20). The number of rotatable bonds is 3. The molecule has 5 nitrogen and oxygen atoms in total. The van der Waals surface area contributed by atoms with Crippen molar-refractivity contribution < 1.29 is 9.53 Å². The Morgan fingerprint density at radius 1 is 1.43 bits per heavy atom. The van der Waals surface area contributed by atoms with E-state index in [1.807, 2.05) is 20.8 Å². The first kappa shape index (κ1) is 15.5. The van der Waals surface area contributed by atoms with Gasteiger partial charge in [0.2, 0.25) is 5.91 Å². The maximum absolute atomic E-state index is 12.3. The molecule has 1 aromatic rings. The third-order valence-electron chi connectivity index (χ3n) is 3.66. The maximum atomic E-state index is 12.3. The number of nitrogens with zero attached hydrogens (tertiary/aromatic N) is 2. The summed E-state index contributed by atoms with van der Waals surface area (Å²) in [7, 11) is 0. The highest BCUT2D eigenvalue weighted by molar-refractivity contribution is 5.94. The lowest BCUT2D eigenvalue weighted by Gasteiger charge is -2.40. The zero-order chi connectivity index (χ0) is 15.5. The minimum atomic E-state index is -0.221. The highest BCUT2D eigenvalue weighted by Gasteiger charge is 2.32. The third-order valence-corrected chi connectivity index (χ3v) is 3.66. The van der Waals surface area contributed by atoms with Crippen LogP contribution in [0.5, 0.6) is 0 Å². The van der Waals surface area contributed by atoms with Gasteiger partial charge in [0, 0.05) is 18.8 Å². The van der Waals surface area contributed by atoms with Crippen molar-refractivity contribution in [1.82, 2.24) is 4.90 Å². The second-order valence-corrected chi connectivity index (χ2v) is 5.93. The molecule has 1 N–H and O–H groups in total. The van der Waals surface area contributed by atoms with E-state index >= 15 is 0 Å². The number of nitrogens with one attached hydrogen (secondary N) is 1. The van der Waals surface area contributed by atoms with Gasteiger partial charge in [0.25, 0.3) is 0 Å². The number of anilines is 1. The van der Waals surface area contributed by atoms with Gasteiger partial charge >= 0.3 is 0 Å². The molecule has 1 fully saturated rings. The number of carbonyl (C=O) groups excluding carboxylic acids is 1. The topological polar surface area (TPSA) is 65.4 Å². The van der Waals surface area contributed by atoms with E-state index in [1.165, 1.54) is 0 Å². The van der Waals surface area contributed by atoms with Crippen LogP contribution < -0.4 is 5.32 Å². The SMILES string of the molecule is CC(C(=O)Nc1ccc(C#N)cc1)N1CCOC(C)(C)C1. The number of ether oxygens (including phenoxy) is 1. The lowest BCUT2D eigenvalue weighted by molar-refractivity contribution is -0.129. The van der Waals surface area contributed by atoms with E-state index in [-0.39, 0.29) is 17.6 Å². The Bertz CT molecular complexity index is 546. The van der Waals surface area contributed by atoms with Crippen molar-refractivity contribution in [1.29, 1.82) is 5.26 Å². The number of carbonyl (C=O) groups is 1. The van der Waals surface area contributed by atoms with Crippen molar-refractivity contribution in [2.45, 2.75) is 32.4 Å². The predicted molar refractivity (Wildman–Crippen MR) is 80.9 cm³/mol. The number of benzene rings is 1. The van der Waals surface area contributed by atoms with Crippen molar-refractivity contribution in [3.8, 4) is 6.07 Å². The molecule has 0 radical (unpaired) electrons. The Morgan fingerprint density at radius 3 is 2.67 bits per heavy atom. The summed E-state index contributed by atoms with van der Waals surface area (Å²) in [6.07, 6.45) is 0. The molecule has 0 bridgehead atoms. The Kier molecular flexibility index (Phi) is 4.61. The first-order chi connectivity index (χ1) is 9.91. The highest BCUT2D eigenvalue weighted by atomic mass is 16.5. The van der Waals surface area contributed by atoms with Crippen molar-refractivity contribution in [3.63, 3.8) is 0 Å². The molecule has 1 amide bonds. The summed E-state index contributed by atoms with van der Waals surface area (Å²) in [5, 5.41) is 11.6. The molecule has 1 saturated heterocycles. The summed E-state index contributed by atoms with van der Waals surface area (Å²) >= 11 is 0. The van der Waals surface area contributed by atoms with Crippen LogP contribution in [0.2, 0.25) is 0 Å². The van der Waals surface area contributed by atoms with E-state index in [9.17, 15) is 4.79 Å². The molecule has 1 unspecified atom stereocenters. The Labute approximate surface area is 125 Å².